The van der Waals surface area contributed by atoms with Crippen LogP contribution in [-0.2, 0) is 14.8 Å². The van der Waals surface area contributed by atoms with E-state index in [1.807, 2.05) is 0 Å². The third kappa shape index (κ3) is 4.69. The maximum atomic E-state index is 13.4. The second-order valence-corrected chi connectivity index (χ2v) is 9.50. The van der Waals surface area contributed by atoms with Gasteiger partial charge in [-0.05, 0) is 54.1 Å². The fraction of sp³-hybridized carbons (Fsp3) is 0.125. The SMILES string of the molecule is O=C(O)c1cccc(S(=O)(=O)N2C/C(=C/c3ccccn3)C(=O)C(c3ccc(O)cc3)C2)c1. The van der Waals surface area contributed by atoms with Crippen molar-refractivity contribution in [2.45, 2.75) is 10.8 Å². The summed E-state index contributed by atoms with van der Waals surface area (Å²) in [6, 6.07) is 16.4. The normalized spacial score (nSPS) is 18.4. The van der Waals surface area contributed by atoms with Crippen molar-refractivity contribution in [3.63, 3.8) is 0 Å². The molecule has 168 valence electrons. The maximum absolute atomic E-state index is 13.4. The molecule has 0 aliphatic carbocycles. The Hall–Kier alpha value is -3.82. The van der Waals surface area contributed by atoms with Gasteiger partial charge in [-0.2, -0.15) is 4.31 Å². The van der Waals surface area contributed by atoms with E-state index in [9.17, 15) is 28.2 Å². The van der Waals surface area contributed by atoms with Crippen molar-refractivity contribution < 1.29 is 28.2 Å². The van der Waals surface area contributed by atoms with Gasteiger partial charge in [-0.15, -0.1) is 0 Å². The summed E-state index contributed by atoms with van der Waals surface area (Å²) in [5, 5.41) is 18.9. The average molecular weight is 464 g/mol. The van der Waals surface area contributed by atoms with E-state index in [1.54, 1.807) is 42.6 Å². The number of rotatable bonds is 5. The quantitative estimate of drug-likeness (QED) is 0.556. The molecule has 2 heterocycles. The molecule has 1 saturated heterocycles. The first-order valence-electron chi connectivity index (χ1n) is 10.0. The molecular formula is C24H20N2O6S. The maximum Gasteiger partial charge on any atom is 0.335 e. The molecular weight excluding hydrogens is 444 g/mol. The number of hydrogen-bond donors (Lipinski definition) is 2. The molecule has 1 aromatic heterocycles. The molecule has 1 aliphatic heterocycles. The van der Waals surface area contributed by atoms with Crippen LogP contribution in [0.1, 0.15) is 27.5 Å². The van der Waals surface area contributed by atoms with E-state index in [0.717, 1.165) is 6.07 Å². The summed E-state index contributed by atoms with van der Waals surface area (Å²) in [7, 11) is -4.11. The minimum absolute atomic E-state index is 0.0289. The van der Waals surface area contributed by atoms with Gasteiger partial charge in [0.2, 0.25) is 10.0 Å². The zero-order valence-electron chi connectivity index (χ0n) is 17.3. The van der Waals surface area contributed by atoms with Crippen LogP contribution in [-0.4, -0.2) is 52.8 Å². The number of Topliss-reactive ketones (excluding diaryl/α,β-unsaturated/α-hetero) is 1. The smallest absolute Gasteiger partial charge is 0.335 e. The summed E-state index contributed by atoms with van der Waals surface area (Å²) in [6.07, 6.45) is 3.13. The predicted molar refractivity (Wildman–Crippen MR) is 120 cm³/mol. The summed E-state index contributed by atoms with van der Waals surface area (Å²) in [5.41, 5.74) is 1.18. The van der Waals surface area contributed by atoms with Crippen LogP contribution in [0.15, 0.2) is 83.4 Å². The largest absolute Gasteiger partial charge is 0.508 e. The number of aromatic nitrogens is 1. The Morgan fingerprint density at radius 3 is 2.48 bits per heavy atom. The summed E-state index contributed by atoms with van der Waals surface area (Å²) in [5.74, 6) is -2.25. The van der Waals surface area contributed by atoms with Gasteiger partial charge < -0.3 is 10.2 Å². The summed E-state index contributed by atoms with van der Waals surface area (Å²) >= 11 is 0. The Morgan fingerprint density at radius 2 is 1.82 bits per heavy atom. The first-order chi connectivity index (χ1) is 15.8. The lowest BCUT2D eigenvalue weighted by Crippen LogP contribution is -2.44. The van der Waals surface area contributed by atoms with E-state index in [0.29, 0.717) is 11.3 Å². The van der Waals surface area contributed by atoms with Gasteiger partial charge in [-0.1, -0.05) is 24.3 Å². The van der Waals surface area contributed by atoms with Crippen LogP contribution in [0.2, 0.25) is 0 Å². The standard InChI is InChI=1S/C24H20N2O6S/c27-20-9-7-16(8-10-20)22-15-26(14-18(23(22)28)12-19-5-1-2-11-25-19)33(31,32)21-6-3-4-17(13-21)24(29)30/h1-13,22,27H,14-15H2,(H,29,30)/b18-12-. The topological polar surface area (TPSA) is 125 Å². The Bertz CT molecular complexity index is 1330. The van der Waals surface area contributed by atoms with Crippen LogP contribution < -0.4 is 0 Å². The molecule has 8 nitrogen and oxygen atoms in total. The minimum Gasteiger partial charge on any atom is -0.508 e. The van der Waals surface area contributed by atoms with Crippen LogP contribution in [0.5, 0.6) is 5.75 Å². The van der Waals surface area contributed by atoms with Gasteiger partial charge in [0.15, 0.2) is 5.78 Å². The van der Waals surface area contributed by atoms with Gasteiger partial charge >= 0.3 is 5.97 Å². The second-order valence-electron chi connectivity index (χ2n) is 7.56. The molecule has 2 N–H and O–H groups in total. The minimum atomic E-state index is -4.11. The van der Waals surface area contributed by atoms with Gasteiger partial charge in [-0.3, -0.25) is 9.78 Å². The Kier molecular flexibility index (Phi) is 6.08. The number of sulfonamides is 1. The number of aromatic carboxylic acids is 1. The Morgan fingerprint density at radius 1 is 1.06 bits per heavy atom. The molecule has 0 radical (unpaired) electrons. The number of pyridine rings is 1. The highest BCUT2D eigenvalue weighted by Gasteiger charge is 2.38. The van der Waals surface area contributed by atoms with E-state index in [4.69, 9.17) is 0 Å². The Labute approximate surface area is 190 Å². The lowest BCUT2D eigenvalue weighted by Gasteiger charge is -2.33. The summed E-state index contributed by atoms with van der Waals surface area (Å²) < 4.78 is 28.0. The van der Waals surface area contributed by atoms with E-state index < -0.39 is 21.9 Å². The van der Waals surface area contributed by atoms with Crippen molar-refractivity contribution in [1.82, 2.24) is 9.29 Å². The molecule has 1 fully saturated rings. The van der Waals surface area contributed by atoms with Crippen molar-refractivity contribution in [1.29, 1.82) is 0 Å². The molecule has 1 aliphatic rings. The van der Waals surface area contributed by atoms with E-state index in [1.165, 1.54) is 34.6 Å². The van der Waals surface area contributed by atoms with Crippen molar-refractivity contribution in [3.8, 4) is 5.75 Å². The van der Waals surface area contributed by atoms with Crippen molar-refractivity contribution in [2.24, 2.45) is 0 Å². The van der Waals surface area contributed by atoms with Gasteiger partial charge in [0, 0.05) is 24.9 Å². The molecule has 4 rings (SSSR count). The number of nitrogens with zero attached hydrogens (tertiary/aromatic N) is 2. The lowest BCUT2D eigenvalue weighted by atomic mass is 9.87. The number of aromatic hydroxyl groups is 1. The van der Waals surface area contributed by atoms with Crippen LogP contribution in [0, 0.1) is 0 Å². The zero-order valence-corrected chi connectivity index (χ0v) is 18.1. The molecule has 0 spiro atoms. The summed E-state index contributed by atoms with van der Waals surface area (Å²) in [6.45, 7) is -0.299. The number of phenolic OH excluding ortho intramolecular Hbond substituents is 1. The lowest BCUT2D eigenvalue weighted by molar-refractivity contribution is -0.118. The highest BCUT2D eigenvalue weighted by atomic mass is 32.2. The molecule has 3 aromatic rings. The molecule has 33 heavy (non-hydrogen) atoms. The third-order valence-corrected chi connectivity index (χ3v) is 7.20. The van der Waals surface area contributed by atoms with Crippen LogP contribution in [0.25, 0.3) is 6.08 Å². The highest BCUT2D eigenvalue weighted by molar-refractivity contribution is 7.89. The van der Waals surface area contributed by atoms with Crippen molar-refractivity contribution in [2.75, 3.05) is 13.1 Å². The summed E-state index contributed by atoms with van der Waals surface area (Å²) in [4.78, 5) is 28.7. The number of carboxylic acids is 1. The van der Waals surface area contributed by atoms with Crippen molar-refractivity contribution >= 4 is 27.9 Å². The van der Waals surface area contributed by atoms with Crippen molar-refractivity contribution in [3.05, 3.63) is 95.3 Å². The molecule has 1 atom stereocenters. The zero-order chi connectivity index (χ0) is 23.6. The fourth-order valence-corrected chi connectivity index (χ4v) is 5.16. The monoisotopic (exact) mass is 464 g/mol. The fourth-order valence-electron chi connectivity index (χ4n) is 3.68. The van der Waals surface area contributed by atoms with Gasteiger partial charge in [0.25, 0.3) is 0 Å². The average Bonchev–Trinajstić information content (AvgIpc) is 2.81. The molecule has 1 unspecified atom stereocenters. The van der Waals surface area contributed by atoms with Crippen LogP contribution in [0.3, 0.4) is 0 Å². The third-order valence-electron chi connectivity index (χ3n) is 5.39. The molecule has 0 amide bonds. The van der Waals surface area contributed by atoms with E-state index in [2.05, 4.69) is 4.98 Å². The molecule has 0 bridgehead atoms. The second kappa shape index (κ2) is 8.97. The molecule has 9 heteroatoms. The van der Waals surface area contributed by atoms with Gasteiger partial charge in [0.05, 0.1) is 22.1 Å². The number of hydrogen-bond acceptors (Lipinski definition) is 6. The molecule has 0 saturated carbocycles. The molecule has 2 aromatic carbocycles. The number of carbonyl (C=O) groups is 2. The van der Waals surface area contributed by atoms with E-state index >= 15 is 0 Å². The van der Waals surface area contributed by atoms with Gasteiger partial charge in [-0.25, -0.2) is 13.2 Å². The highest BCUT2D eigenvalue weighted by Crippen LogP contribution is 2.32. The first kappa shape index (κ1) is 22.4. The van der Waals surface area contributed by atoms with Crippen LogP contribution in [0.4, 0.5) is 0 Å². The van der Waals surface area contributed by atoms with Gasteiger partial charge in [0.1, 0.15) is 5.75 Å². The number of phenols is 1. The number of ketones is 1. The first-order valence-corrected chi connectivity index (χ1v) is 11.5. The van der Waals surface area contributed by atoms with Crippen LogP contribution >= 0.6 is 0 Å². The number of piperidine rings is 1. The number of benzene rings is 2. The predicted octanol–water partition coefficient (Wildman–Crippen LogP) is 2.93. The van der Waals surface area contributed by atoms with E-state index in [-0.39, 0.29) is 40.7 Å². The number of carboxylic acid groups (broad SMARTS) is 1. The number of carbonyl (C=O) groups excluding carboxylic acids is 1. The Balaban J connectivity index is 1.78.